The summed E-state index contributed by atoms with van der Waals surface area (Å²) in [5.74, 6) is 2.17. The number of nitrogens with zero attached hydrogens (tertiary/aromatic N) is 4. The lowest BCUT2D eigenvalue weighted by Gasteiger charge is -2.09. The van der Waals surface area contributed by atoms with E-state index in [0.29, 0.717) is 5.82 Å². The maximum Gasteiger partial charge on any atom is 0.163 e. The van der Waals surface area contributed by atoms with Gasteiger partial charge in [-0.05, 0) is 42.0 Å². The average Bonchev–Trinajstić information content (AvgIpc) is 2.78. The minimum Gasteiger partial charge on any atom is -0.263 e. The van der Waals surface area contributed by atoms with Crippen LogP contribution < -0.4 is 0 Å². The molecule has 0 fully saturated rings. The first-order valence-corrected chi connectivity index (χ1v) is 9.91. The summed E-state index contributed by atoms with van der Waals surface area (Å²) >= 11 is 0. The van der Waals surface area contributed by atoms with Gasteiger partial charge in [0, 0.05) is 28.9 Å². The van der Waals surface area contributed by atoms with Gasteiger partial charge in [-0.2, -0.15) is 0 Å². The molecule has 30 heavy (non-hydrogen) atoms. The fraction of sp³-hybridized carbons (Fsp3) is 0.0769. The van der Waals surface area contributed by atoms with Crippen LogP contribution >= 0.6 is 0 Å². The maximum absolute atomic E-state index is 4.49. The van der Waals surface area contributed by atoms with Crippen LogP contribution in [0.25, 0.3) is 44.4 Å². The number of benzene rings is 3. The smallest absolute Gasteiger partial charge is 0.163 e. The van der Waals surface area contributed by atoms with Gasteiger partial charge in [0.1, 0.15) is 11.6 Å². The quantitative estimate of drug-likeness (QED) is 0.378. The first-order valence-electron chi connectivity index (χ1n) is 9.91. The lowest BCUT2D eigenvalue weighted by molar-refractivity contribution is 0.928. The Kier molecular flexibility index (Phi) is 4.52. The molecule has 0 aliphatic heterocycles. The van der Waals surface area contributed by atoms with E-state index >= 15 is 0 Å². The van der Waals surface area contributed by atoms with Crippen molar-refractivity contribution in [3.05, 3.63) is 96.8 Å². The Morgan fingerprint density at radius 2 is 1.27 bits per heavy atom. The molecule has 4 nitrogen and oxygen atoms in total. The Morgan fingerprint density at radius 3 is 2.07 bits per heavy atom. The molecule has 144 valence electrons. The molecule has 0 radical (unpaired) electrons. The van der Waals surface area contributed by atoms with Crippen LogP contribution in [0.3, 0.4) is 0 Å². The second-order valence-electron chi connectivity index (χ2n) is 7.32. The van der Waals surface area contributed by atoms with Crippen molar-refractivity contribution in [2.75, 3.05) is 0 Å². The summed E-state index contributed by atoms with van der Waals surface area (Å²) in [5, 5.41) is 2.36. The summed E-state index contributed by atoms with van der Waals surface area (Å²) in [4.78, 5) is 17.7. The number of rotatable bonds is 3. The number of aromatic nitrogens is 4. The molecule has 0 saturated heterocycles. The van der Waals surface area contributed by atoms with Gasteiger partial charge < -0.3 is 0 Å². The van der Waals surface area contributed by atoms with Crippen molar-refractivity contribution in [2.45, 2.75) is 13.8 Å². The molecule has 2 heterocycles. The molecule has 0 aliphatic rings. The van der Waals surface area contributed by atoms with Gasteiger partial charge >= 0.3 is 0 Å². The zero-order chi connectivity index (χ0) is 20.5. The van der Waals surface area contributed by atoms with Crippen LogP contribution in [0, 0.1) is 13.8 Å². The topological polar surface area (TPSA) is 51.6 Å². The molecule has 5 aromatic rings. The van der Waals surface area contributed by atoms with Crippen LogP contribution in [0.4, 0.5) is 0 Å². The van der Waals surface area contributed by atoms with Crippen molar-refractivity contribution >= 4 is 10.8 Å². The molecule has 0 unspecified atom stereocenters. The van der Waals surface area contributed by atoms with Gasteiger partial charge in [0.25, 0.3) is 0 Å². The van der Waals surface area contributed by atoms with E-state index in [1.54, 1.807) is 0 Å². The molecular weight excluding hydrogens is 368 g/mol. The third-order valence-electron chi connectivity index (χ3n) is 5.18. The van der Waals surface area contributed by atoms with Crippen LogP contribution in [-0.4, -0.2) is 19.9 Å². The van der Waals surface area contributed by atoms with E-state index in [1.807, 2.05) is 44.4 Å². The number of fused-ring (bicyclic) bond motifs is 1. The molecule has 0 atom stereocenters. The largest absolute Gasteiger partial charge is 0.263 e. The molecule has 0 bridgehead atoms. The molecule has 0 aliphatic carbocycles. The van der Waals surface area contributed by atoms with Gasteiger partial charge in [-0.1, -0.05) is 66.7 Å². The van der Waals surface area contributed by atoms with Crippen molar-refractivity contribution in [3.8, 4) is 33.6 Å². The van der Waals surface area contributed by atoms with E-state index in [9.17, 15) is 0 Å². The van der Waals surface area contributed by atoms with Crippen molar-refractivity contribution in [2.24, 2.45) is 0 Å². The number of aryl methyl sites for hydroxylation is 2. The van der Waals surface area contributed by atoms with E-state index in [4.69, 9.17) is 0 Å². The predicted molar refractivity (Wildman–Crippen MR) is 121 cm³/mol. The molecule has 0 amide bonds. The molecule has 0 N–H and O–H groups in total. The van der Waals surface area contributed by atoms with Crippen molar-refractivity contribution in [1.29, 1.82) is 0 Å². The lowest BCUT2D eigenvalue weighted by atomic mass is 9.97. The first-order chi connectivity index (χ1) is 14.7. The second-order valence-corrected chi connectivity index (χ2v) is 7.32. The Labute approximate surface area is 175 Å². The van der Waals surface area contributed by atoms with Crippen molar-refractivity contribution in [3.63, 3.8) is 0 Å². The molecule has 2 aromatic heterocycles. The van der Waals surface area contributed by atoms with Gasteiger partial charge in [-0.25, -0.2) is 15.0 Å². The number of pyridine rings is 1. The maximum atomic E-state index is 4.49. The summed E-state index contributed by atoms with van der Waals surface area (Å²) in [6, 6.07) is 25.3. The van der Waals surface area contributed by atoms with E-state index in [2.05, 4.69) is 74.5 Å². The number of hydrogen-bond acceptors (Lipinski definition) is 4. The zero-order valence-electron chi connectivity index (χ0n) is 16.9. The third kappa shape index (κ3) is 3.44. The van der Waals surface area contributed by atoms with Gasteiger partial charge in [-0.15, -0.1) is 0 Å². The zero-order valence-corrected chi connectivity index (χ0v) is 16.9. The predicted octanol–water partition coefficient (Wildman–Crippen LogP) is 6.04. The molecule has 0 saturated carbocycles. The second kappa shape index (κ2) is 7.48. The number of hydrogen-bond donors (Lipinski definition) is 0. The lowest BCUT2D eigenvalue weighted by Crippen LogP contribution is -1.98. The summed E-state index contributed by atoms with van der Waals surface area (Å²) in [6.45, 7) is 3.78. The van der Waals surface area contributed by atoms with E-state index in [1.165, 1.54) is 5.39 Å². The van der Waals surface area contributed by atoms with Crippen LogP contribution in [0.1, 0.15) is 11.6 Å². The normalized spacial score (nSPS) is 11.0. The average molecular weight is 388 g/mol. The fourth-order valence-corrected chi connectivity index (χ4v) is 3.77. The van der Waals surface area contributed by atoms with Crippen LogP contribution in [0.5, 0.6) is 0 Å². The van der Waals surface area contributed by atoms with Crippen molar-refractivity contribution in [1.82, 2.24) is 19.9 Å². The molecular formula is C26H20N4. The summed E-state index contributed by atoms with van der Waals surface area (Å²) in [7, 11) is 0. The Hall–Kier alpha value is -3.92. The van der Waals surface area contributed by atoms with Gasteiger partial charge in [-0.3, -0.25) is 4.98 Å². The highest BCUT2D eigenvalue weighted by Crippen LogP contribution is 2.30. The highest BCUT2D eigenvalue weighted by molar-refractivity contribution is 5.95. The minimum atomic E-state index is 0.709. The SMILES string of the molecule is Cc1nc(C)nc(-c2cccc(-c3ccc(-c4cncc5ccccc45)cc3)c2)n1. The summed E-state index contributed by atoms with van der Waals surface area (Å²) < 4.78 is 0. The third-order valence-corrected chi connectivity index (χ3v) is 5.18. The van der Waals surface area contributed by atoms with Crippen LogP contribution in [0.15, 0.2) is 85.2 Å². The Bertz CT molecular complexity index is 1330. The summed E-state index contributed by atoms with van der Waals surface area (Å²) in [5.41, 5.74) is 5.57. The van der Waals surface area contributed by atoms with Crippen LogP contribution in [0.2, 0.25) is 0 Å². The van der Waals surface area contributed by atoms with E-state index in [0.717, 1.165) is 44.9 Å². The van der Waals surface area contributed by atoms with Gasteiger partial charge in [0.05, 0.1) is 0 Å². The van der Waals surface area contributed by atoms with E-state index < -0.39 is 0 Å². The fourth-order valence-electron chi connectivity index (χ4n) is 3.77. The van der Waals surface area contributed by atoms with E-state index in [-0.39, 0.29) is 0 Å². The first kappa shape index (κ1) is 18.1. The highest BCUT2D eigenvalue weighted by atomic mass is 15.0. The monoisotopic (exact) mass is 388 g/mol. The Morgan fingerprint density at radius 1 is 0.567 bits per heavy atom. The Balaban J connectivity index is 1.52. The molecule has 5 rings (SSSR count). The molecule has 0 spiro atoms. The van der Waals surface area contributed by atoms with Gasteiger partial charge in [0.2, 0.25) is 0 Å². The van der Waals surface area contributed by atoms with Crippen molar-refractivity contribution < 1.29 is 0 Å². The molecule has 3 aromatic carbocycles. The van der Waals surface area contributed by atoms with Crippen LogP contribution in [-0.2, 0) is 0 Å². The highest BCUT2D eigenvalue weighted by Gasteiger charge is 2.08. The molecule has 4 heteroatoms. The summed E-state index contributed by atoms with van der Waals surface area (Å²) in [6.07, 6.45) is 3.84. The standard InChI is InChI=1S/C26H20N4/c1-17-28-18(2)30-26(29-17)22-8-5-7-21(14-22)19-10-12-20(13-11-19)25-16-27-15-23-6-3-4-9-24(23)25/h3-16H,1-2H3. The van der Waals surface area contributed by atoms with Gasteiger partial charge in [0.15, 0.2) is 5.82 Å². The minimum absolute atomic E-state index is 0.709.